The number of rotatable bonds is 2. The Morgan fingerprint density at radius 3 is 2.54 bits per heavy atom. The summed E-state index contributed by atoms with van der Waals surface area (Å²) in [7, 11) is 1.34. The number of ether oxygens (including phenoxy) is 1. The molecule has 0 heterocycles. The van der Waals surface area contributed by atoms with Gasteiger partial charge in [-0.25, -0.2) is 4.79 Å². The van der Waals surface area contributed by atoms with Crippen LogP contribution in [-0.4, -0.2) is 13.1 Å². The third-order valence-electron chi connectivity index (χ3n) is 1.48. The van der Waals surface area contributed by atoms with Crippen LogP contribution in [0.5, 0.6) is 0 Å². The average Bonchev–Trinajstić information content (AvgIpc) is 2.16. The van der Waals surface area contributed by atoms with Gasteiger partial charge in [-0.1, -0.05) is 23.7 Å². The number of halogens is 1. The molecule has 0 fully saturated rings. The second-order valence-electron chi connectivity index (χ2n) is 2.41. The van der Waals surface area contributed by atoms with E-state index in [9.17, 15) is 4.79 Å². The van der Waals surface area contributed by atoms with Crippen LogP contribution in [0.2, 0.25) is 5.02 Å². The van der Waals surface area contributed by atoms with E-state index in [1.54, 1.807) is 18.2 Å². The van der Waals surface area contributed by atoms with Crippen LogP contribution in [0.4, 0.5) is 0 Å². The second-order valence-corrected chi connectivity index (χ2v) is 2.84. The lowest BCUT2D eigenvalue weighted by Gasteiger charge is -1.93. The van der Waals surface area contributed by atoms with Crippen molar-refractivity contribution in [3.8, 4) is 0 Å². The van der Waals surface area contributed by atoms with Gasteiger partial charge in [0, 0.05) is 11.1 Å². The van der Waals surface area contributed by atoms with Gasteiger partial charge in [0.1, 0.15) is 0 Å². The summed E-state index contributed by atoms with van der Waals surface area (Å²) in [6.07, 6.45) is 3.03. The van der Waals surface area contributed by atoms with Crippen molar-refractivity contribution in [2.24, 2.45) is 0 Å². The quantitative estimate of drug-likeness (QED) is 0.537. The Bertz CT molecular complexity index is 314. The Balaban J connectivity index is 2.69. The number of benzene rings is 1. The first-order chi connectivity index (χ1) is 6.22. The monoisotopic (exact) mass is 196 g/mol. The zero-order valence-corrected chi connectivity index (χ0v) is 7.91. The predicted octanol–water partition coefficient (Wildman–Crippen LogP) is 2.53. The lowest BCUT2D eigenvalue weighted by atomic mass is 10.2. The van der Waals surface area contributed by atoms with Gasteiger partial charge in [0.2, 0.25) is 0 Å². The molecule has 0 N–H and O–H groups in total. The largest absolute Gasteiger partial charge is 0.466 e. The minimum absolute atomic E-state index is 0.366. The maximum absolute atomic E-state index is 10.7. The van der Waals surface area contributed by atoms with E-state index in [4.69, 9.17) is 11.6 Å². The zero-order valence-electron chi connectivity index (χ0n) is 7.16. The summed E-state index contributed by atoms with van der Waals surface area (Å²) in [6, 6.07) is 7.17. The summed E-state index contributed by atoms with van der Waals surface area (Å²) in [5.41, 5.74) is 0.912. The maximum Gasteiger partial charge on any atom is 0.330 e. The van der Waals surface area contributed by atoms with E-state index in [0.717, 1.165) is 5.56 Å². The van der Waals surface area contributed by atoms with Gasteiger partial charge in [-0.15, -0.1) is 0 Å². The fourth-order valence-corrected chi connectivity index (χ4v) is 0.932. The van der Waals surface area contributed by atoms with Crippen molar-refractivity contribution in [1.29, 1.82) is 0 Å². The minimum Gasteiger partial charge on any atom is -0.466 e. The van der Waals surface area contributed by atoms with Crippen LogP contribution in [0.15, 0.2) is 30.3 Å². The van der Waals surface area contributed by atoms with Crippen LogP contribution in [0.1, 0.15) is 5.56 Å². The molecular weight excluding hydrogens is 188 g/mol. The molecule has 0 spiro atoms. The first kappa shape index (κ1) is 9.81. The number of hydrogen-bond acceptors (Lipinski definition) is 2. The molecule has 0 bridgehead atoms. The van der Waals surface area contributed by atoms with Gasteiger partial charge in [-0.05, 0) is 23.8 Å². The summed E-state index contributed by atoms with van der Waals surface area (Å²) in [6.45, 7) is 0. The maximum atomic E-state index is 10.7. The van der Waals surface area contributed by atoms with Crippen LogP contribution in [-0.2, 0) is 9.53 Å². The summed E-state index contributed by atoms with van der Waals surface area (Å²) < 4.78 is 4.44. The van der Waals surface area contributed by atoms with Crippen molar-refractivity contribution in [1.82, 2.24) is 0 Å². The van der Waals surface area contributed by atoms with E-state index < -0.39 is 0 Å². The fourth-order valence-electron chi connectivity index (χ4n) is 0.806. The molecule has 0 radical (unpaired) electrons. The molecule has 0 unspecified atom stereocenters. The van der Waals surface area contributed by atoms with Crippen LogP contribution in [0.3, 0.4) is 0 Å². The van der Waals surface area contributed by atoms with Crippen molar-refractivity contribution in [3.63, 3.8) is 0 Å². The molecular formula is C10H9ClO2. The molecule has 68 valence electrons. The van der Waals surface area contributed by atoms with E-state index in [1.807, 2.05) is 12.1 Å². The molecule has 13 heavy (non-hydrogen) atoms. The minimum atomic E-state index is -0.366. The van der Waals surface area contributed by atoms with E-state index in [1.165, 1.54) is 13.2 Å². The number of carbonyl (C=O) groups excluding carboxylic acids is 1. The van der Waals surface area contributed by atoms with E-state index in [0.29, 0.717) is 5.02 Å². The van der Waals surface area contributed by atoms with Gasteiger partial charge in [0.05, 0.1) is 7.11 Å². The van der Waals surface area contributed by atoms with Gasteiger partial charge in [0.25, 0.3) is 0 Å². The van der Waals surface area contributed by atoms with Crippen molar-refractivity contribution < 1.29 is 9.53 Å². The van der Waals surface area contributed by atoms with Crippen LogP contribution in [0.25, 0.3) is 6.08 Å². The molecule has 3 heteroatoms. The molecule has 0 amide bonds. The molecule has 0 saturated carbocycles. The number of methoxy groups -OCH3 is 1. The smallest absolute Gasteiger partial charge is 0.330 e. The van der Waals surface area contributed by atoms with E-state index in [-0.39, 0.29) is 5.97 Å². The van der Waals surface area contributed by atoms with Crippen LogP contribution in [0, 0.1) is 0 Å². The molecule has 1 aromatic rings. The van der Waals surface area contributed by atoms with E-state index in [2.05, 4.69) is 4.74 Å². The lowest BCUT2D eigenvalue weighted by molar-refractivity contribution is -0.134. The van der Waals surface area contributed by atoms with E-state index >= 15 is 0 Å². The molecule has 0 aliphatic heterocycles. The SMILES string of the molecule is COC(=O)C=Cc1ccc(Cl)cc1. The highest BCUT2D eigenvalue weighted by molar-refractivity contribution is 6.30. The predicted molar refractivity (Wildman–Crippen MR) is 52.5 cm³/mol. The Hall–Kier alpha value is -1.28. The molecule has 0 saturated heterocycles. The van der Waals surface area contributed by atoms with Crippen molar-refractivity contribution in [2.45, 2.75) is 0 Å². The normalized spacial score (nSPS) is 10.3. The number of esters is 1. The van der Waals surface area contributed by atoms with Gasteiger partial charge >= 0.3 is 5.97 Å². The Labute approximate surface area is 81.8 Å². The standard InChI is InChI=1S/C10H9ClO2/c1-13-10(12)7-4-8-2-5-9(11)6-3-8/h2-7H,1H3. The van der Waals surface area contributed by atoms with Gasteiger partial charge in [0.15, 0.2) is 0 Å². The summed E-state index contributed by atoms with van der Waals surface area (Å²) in [4.78, 5) is 10.7. The molecule has 1 rings (SSSR count). The summed E-state index contributed by atoms with van der Waals surface area (Å²) >= 11 is 5.69. The Morgan fingerprint density at radius 2 is 2.00 bits per heavy atom. The highest BCUT2D eigenvalue weighted by Gasteiger charge is 1.91. The number of hydrogen-bond donors (Lipinski definition) is 0. The van der Waals surface area contributed by atoms with Crippen LogP contribution < -0.4 is 0 Å². The van der Waals surface area contributed by atoms with Gasteiger partial charge in [-0.3, -0.25) is 0 Å². The fraction of sp³-hybridized carbons (Fsp3) is 0.100. The number of carbonyl (C=O) groups is 1. The topological polar surface area (TPSA) is 26.3 Å². The first-order valence-corrected chi connectivity index (χ1v) is 4.12. The van der Waals surface area contributed by atoms with Crippen molar-refractivity contribution in [3.05, 3.63) is 40.9 Å². The summed E-state index contributed by atoms with van der Waals surface area (Å²) in [5.74, 6) is -0.366. The molecule has 1 aromatic carbocycles. The van der Waals surface area contributed by atoms with Crippen LogP contribution >= 0.6 is 11.6 Å². The lowest BCUT2D eigenvalue weighted by Crippen LogP contribution is -1.92. The zero-order chi connectivity index (χ0) is 9.68. The Morgan fingerprint density at radius 1 is 1.38 bits per heavy atom. The highest BCUT2D eigenvalue weighted by atomic mass is 35.5. The van der Waals surface area contributed by atoms with Gasteiger partial charge in [-0.2, -0.15) is 0 Å². The first-order valence-electron chi connectivity index (χ1n) is 3.74. The molecule has 0 aromatic heterocycles. The second kappa shape index (κ2) is 4.67. The molecule has 0 aliphatic rings. The third kappa shape index (κ3) is 3.30. The summed E-state index contributed by atoms with van der Waals surface area (Å²) in [5, 5.41) is 0.676. The average molecular weight is 197 g/mol. The third-order valence-corrected chi connectivity index (χ3v) is 1.74. The molecule has 0 atom stereocenters. The molecule has 2 nitrogen and oxygen atoms in total. The van der Waals surface area contributed by atoms with Crippen molar-refractivity contribution >= 4 is 23.6 Å². The van der Waals surface area contributed by atoms with Crippen molar-refractivity contribution in [2.75, 3.05) is 7.11 Å². The van der Waals surface area contributed by atoms with Gasteiger partial charge < -0.3 is 4.74 Å². The molecule has 0 aliphatic carbocycles. The Kier molecular flexibility index (Phi) is 3.53. The highest BCUT2D eigenvalue weighted by Crippen LogP contribution is 2.10.